The third-order valence-corrected chi connectivity index (χ3v) is 6.52. The molecule has 1 atom stereocenters. The molecule has 34 heavy (non-hydrogen) atoms. The number of rotatable bonds is 8. The number of nitrogens with zero attached hydrogens (tertiary/aromatic N) is 3. The number of thioether (sulfide) groups is 1. The van der Waals surface area contributed by atoms with Crippen LogP contribution < -0.4 is 10.6 Å². The Morgan fingerprint density at radius 1 is 0.941 bits per heavy atom. The van der Waals surface area contributed by atoms with Gasteiger partial charge in [-0.2, -0.15) is 0 Å². The van der Waals surface area contributed by atoms with Crippen molar-refractivity contribution >= 4 is 40.0 Å². The fraction of sp³-hybridized carbons (Fsp3) is 0.231. The SMILES string of the molecule is CC(C)[C@H](NC(=O)c1ccccc1)c1nnc(SCC(=O)Nc2ccc3ccccc3c2)n1C. The van der Waals surface area contributed by atoms with Crippen LogP contribution in [0.4, 0.5) is 5.69 Å². The minimum atomic E-state index is -0.314. The second-order valence-corrected chi connectivity index (χ2v) is 9.30. The smallest absolute Gasteiger partial charge is 0.251 e. The van der Waals surface area contributed by atoms with E-state index in [-0.39, 0.29) is 29.5 Å². The van der Waals surface area contributed by atoms with Gasteiger partial charge in [-0.15, -0.1) is 10.2 Å². The summed E-state index contributed by atoms with van der Waals surface area (Å²) in [5.41, 5.74) is 1.35. The average Bonchev–Trinajstić information content (AvgIpc) is 3.21. The van der Waals surface area contributed by atoms with Crippen LogP contribution >= 0.6 is 11.8 Å². The van der Waals surface area contributed by atoms with Gasteiger partial charge in [0.2, 0.25) is 5.91 Å². The average molecular weight is 474 g/mol. The zero-order valence-electron chi connectivity index (χ0n) is 19.4. The molecule has 0 fully saturated rings. The molecular formula is C26H27N5O2S. The van der Waals surface area contributed by atoms with Crippen molar-refractivity contribution in [3.05, 3.63) is 84.2 Å². The zero-order chi connectivity index (χ0) is 24.1. The van der Waals surface area contributed by atoms with Gasteiger partial charge in [0.1, 0.15) is 0 Å². The van der Waals surface area contributed by atoms with Crippen LogP contribution in [0.1, 0.15) is 36.1 Å². The normalized spacial score (nSPS) is 12.0. The molecule has 1 aromatic heterocycles. The lowest BCUT2D eigenvalue weighted by Gasteiger charge is -2.21. The van der Waals surface area contributed by atoms with E-state index in [9.17, 15) is 9.59 Å². The zero-order valence-corrected chi connectivity index (χ0v) is 20.2. The lowest BCUT2D eigenvalue weighted by atomic mass is 10.0. The molecule has 4 aromatic rings. The molecule has 0 unspecified atom stereocenters. The summed E-state index contributed by atoms with van der Waals surface area (Å²) < 4.78 is 1.84. The highest BCUT2D eigenvalue weighted by Gasteiger charge is 2.25. The Morgan fingerprint density at radius 2 is 1.65 bits per heavy atom. The molecule has 0 saturated heterocycles. The van der Waals surface area contributed by atoms with Gasteiger partial charge < -0.3 is 15.2 Å². The Labute approximate surface area is 203 Å². The van der Waals surface area contributed by atoms with Crippen LogP contribution in [0.3, 0.4) is 0 Å². The summed E-state index contributed by atoms with van der Waals surface area (Å²) in [5, 5.41) is 17.4. The number of aromatic nitrogens is 3. The molecule has 0 aliphatic carbocycles. The summed E-state index contributed by atoms with van der Waals surface area (Å²) in [6, 6.07) is 22.6. The van der Waals surface area contributed by atoms with Crippen molar-refractivity contribution in [2.45, 2.75) is 25.0 Å². The first kappa shape index (κ1) is 23.5. The van der Waals surface area contributed by atoms with Crippen LogP contribution in [0.5, 0.6) is 0 Å². The topological polar surface area (TPSA) is 88.9 Å². The molecule has 174 valence electrons. The van der Waals surface area contributed by atoms with E-state index in [0.717, 1.165) is 16.5 Å². The molecule has 2 amide bonds. The molecule has 0 radical (unpaired) electrons. The summed E-state index contributed by atoms with van der Waals surface area (Å²) in [7, 11) is 1.85. The van der Waals surface area contributed by atoms with E-state index in [1.54, 1.807) is 12.1 Å². The van der Waals surface area contributed by atoms with Crippen LogP contribution in [0.2, 0.25) is 0 Å². The van der Waals surface area contributed by atoms with Crippen molar-refractivity contribution in [1.82, 2.24) is 20.1 Å². The van der Waals surface area contributed by atoms with Crippen LogP contribution in [-0.2, 0) is 11.8 Å². The number of amides is 2. The monoisotopic (exact) mass is 473 g/mol. The first-order valence-corrected chi connectivity index (χ1v) is 12.1. The van der Waals surface area contributed by atoms with Gasteiger partial charge in [0.15, 0.2) is 11.0 Å². The van der Waals surface area contributed by atoms with Crippen molar-refractivity contribution in [2.24, 2.45) is 13.0 Å². The predicted octanol–water partition coefficient (Wildman–Crippen LogP) is 4.83. The number of carbonyl (C=O) groups excluding carboxylic acids is 2. The Morgan fingerprint density at radius 3 is 2.38 bits per heavy atom. The van der Waals surface area contributed by atoms with Crippen molar-refractivity contribution in [1.29, 1.82) is 0 Å². The Balaban J connectivity index is 1.40. The van der Waals surface area contributed by atoms with Gasteiger partial charge in [-0.3, -0.25) is 9.59 Å². The van der Waals surface area contributed by atoms with Gasteiger partial charge >= 0.3 is 0 Å². The second kappa shape index (κ2) is 10.5. The molecule has 0 spiro atoms. The summed E-state index contributed by atoms with van der Waals surface area (Å²) in [6.45, 7) is 4.04. The number of benzene rings is 3. The highest BCUT2D eigenvalue weighted by atomic mass is 32.2. The minimum absolute atomic E-state index is 0.101. The molecule has 0 aliphatic rings. The largest absolute Gasteiger partial charge is 0.342 e. The first-order chi connectivity index (χ1) is 16.4. The Bertz CT molecular complexity index is 1300. The van der Waals surface area contributed by atoms with Crippen molar-refractivity contribution < 1.29 is 9.59 Å². The fourth-order valence-corrected chi connectivity index (χ4v) is 4.38. The maximum Gasteiger partial charge on any atom is 0.251 e. The van der Waals surface area contributed by atoms with Crippen LogP contribution in [0.25, 0.3) is 10.8 Å². The van der Waals surface area contributed by atoms with E-state index in [1.165, 1.54) is 11.8 Å². The molecule has 0 bridgehead atoms. The van der Waals surface area contributed by atoms with Gasteiger partial charge in [0.25, 0.3) is 5.91 Å². The molecule has 0 aliphatic heterocycles. The maximum absolute atomic E-state index is 12.7. The van der Waals surface area contributed by atoms with Gasteiger partial charge in [0, 0.05) is 18.3 Å². The molecular weight excluding hydrogens is 446 g/mol. The van der Waals surface area contributed by atoms with E-state index in [2.05, 4.69) is 20.8 Å². The second-order valence-electron chi connectivity index (χ2n) is 8.36. The molecule has 1 heterocycles. The maximum atomic E-state index is 12.7. The number of carbonyl (C=O) groups is 2. The molecule has 0 saturated carbocycles. The van der Waals surface area contributed by atoms with E-state index in [0.29, 0.717) is 16.5 Å². The Kier molecular flexibility index (Phi) is 7.27. The van der Waals surface area contributed by atoms with E-state index in [1.807, 2.05) is 86.1 Å². The third kappa shape index (κ3) is 5.46. The third-order valence-electron chi connectivity index (χ3n) is 5.50. The number of nitrogens with one attached hydrogen (secondary N) is 2. The lowest BCUT2D eigenvalue weighted by Crippen LogP contribution is -2.33. The quantitative estimate of drug-likeness (QED) is 0.358. The number of fused-ring (bicyclic) bond motifs is 1. The molecule has 4 rings (SSSR count). The van der Waals surface area contributed by atoms with E-state index >= 15 is 0 Å². The highest BCUT2D eigenvalue weighted by molar-refractivity contribution is 7.99. The standard InChI is InChI=1S/C26H27N5O2S/c1-17(2)23(28-25(33)19-10-5-4-6-11-19)24-29-30-26(31(24)3)34-16-22(32)27-21-14-13-18-9-7-8-12-20(18)15-21/h4-15,17,23H,16H2,1-3H3,(H,27,32)(H,28,33)/t23-/m0/s1. The molecule has 2 N–H and O–H groups in total. The first-order valence-electron chi connectivity index (χ1n) is 11.1. The van der Waals surface area contributed by atoms with Gasteiger partial charge in [-0.1, -0.05) is 74.1 Å². The summed E-state index contributed by atoms with van der Waals surface area (Å²) in [5.74, 6) is 0.664. The van der Waals surface area contributed by atoms with Crippen LogP contribution in [0.15, 0.2) is 78.0 Å². The number of hydrogen-bond acceptors (Lipinski definition) is 5. The lowest BCUT2D eigenvalue weighted by molar-refractivity contribution is -0.113. The molecule has 3 aromatic carbocycles. The van der Waals surface area contributed by atoms with Gasteiger partial charge in [0.05, 0.1) is 11.8 Å². The van der Waals surface area contributed by atoms with Crippen molar-refractivity contribution in [3.63, 3.8) is 0 Å². The Hall–Kier alpha value is -3.65. The predicted molar refractivity (Wildman–Crippen MR) is 136 cm³/mol. The number of hydrogen-bond donors (Lipinski definition) is 2. The molecule has 7 nitrogen and oxygen atoms in total. The molecule has 8 heteroatoms. The summed E-state index contributed by atoms with van der Waals surface area (Å²) in [6.07, 6.45) is 0. The van der Waals surface area contributed by atoms with Gasteiger partial charge in [-0.05, 0) is 41.0 Å². The van der Waals surface area contributed by atoms with Crippen molar-refractivity contribution in [2.75, 3.05) is 11.1 Å². The van der Waals surface area contributed by atoms with Crippen LogP contribution in [0, 0.1) is 5.92 Å². The van der Waals surface area contributed by atoms with E-state index < -0.39 is 0 Å². The minimum Gasteiger partial charge on any atom is -0.342 e. The van der Waals surface area contributed by atoms with Crippen molar-refractivity contribution in [3.8, 4) is 0 Å². The van der Waals surface area contributed by atoms with Gasteiger partial charge in [-0.25, -0.2) is 0 Å². The summed E-state index contributed by atoms with van der Waals surface area (Å²) in [4.78, 5) is 25.2. The highest BCUT2D eigenvalue weighted by Crippen LogP contribution is 2.25. The van der Waals surface area contributed by atoms with Crippen LogP contribution in [-0.4, -0.2) is 32.3 Å². The fourth-order valence-electron chi connectivity index (χ4n) is 3.66. The summed E-state index contributed by atoms with van der Waals surface area (Å²) >= 11 is 1.31. The number of anilines is 1. The van der Waals surface area contributed by atoms with E-state index in [4.69, 9.17) is 0 Å².